The molecule has 100 valence electrons. The summed E-state index contributed by atoms with van der Waals surface area (Å²) in [6, 6.07) is 2.09. The van der Waals surface area contributed by atoms with E-state index in [4.69, 9.17) is 21.1 Å². The van der Waals surface area contributed by atoms with Crippen molar-refractivity contribution in [3.8, 4) is 0 Å². The van der Waals surface area contributed by atoms with E-state index < -0.39 is 0 Å². The maximum absolute atomic E-state index is 6.01. The number of nitrogens with zero attached hydrogens (tertiary/aromatic N) is 3. The monoisotopic (exact) mass is 271 g/mol. The molecule has 1 fully saturated rings. The van der Waals surface area contributed by atoms with E-state index in [1.54, 1.807) is 13.2 Å². The lowest BCUT2D eigenvalue weighted by Gasteiger charge is -2.28. The van der Waals surface area contributed by atoms with Crippen LogP contribution in [0.25, 0.3) is 0 Å². The van der Waals surface area contributed by atoms with Crippen LogP contribution in [0, 0.1) is 0 Å². The average molecular weight is 272 g/mol. The van der Waals surface area contributed by atoms with E-state index in [1.165, 1.54) is 0 Å². The molecular weight excluding hydrogens is 254 g/mol. The predicted molar refractivity (Wildman–Crippen MR) is 70.0 cm³/mol. The summed E-state index contributed by atoms with van der Waals surface area (Å²) in [5.41, 5.74) is 0. The van der Waals surface area contributed by atoms with Gasteiger partial charge in [-0.05, 0) is 13.3 Å². The highest BCUT2D eigenvalue weighted by Gasteiger charge is 2.29. The number of anilines is 1. The van der Waals surface area contributed by atoms with Crippen molar-refractivity contribution in [2.45, 2.75) is 32.1 Å². The molecule has 0 bridgehead atoms. The van der Waals surface area contributed by atoms with Crippen LogP contribution < -0.4 is 4.90 Å². The molecule has 2 atom stereocenters. The molecule has 0 aromatic carbocycles. The van der Waals surface area contributed by atoms with E-state index in [9.17, 15) is 0 Å². The first kappa shape index (κ1) is 13.5. The van der Waals surface area contributed by atoms with Gasteiger partial charge in [-0.1, -0.05) is 11.6 Å². The van der Waals surface area contributed by atoms with Gasteiger partial charge in [0.15, 0.2) is 5.82 Å². The SMILES string of the molecule is COCc1nc(Cl)cc(N(C)C2CCOC2C)n1. The van der Waals surface area contributed by atoms with Gasteiger partial charge in [-0.15, -0.1) is 0 Å². The second kappa shape index (κ2) is 5.82. The van der Waals surface area contributed by atoms with Gasteiger partial charge < -0.3 is 14.4 Å². The first-order chi connectivity index (χ1) is 8.61. The fourth-order valence-electron chi connectivity index (χ4n) is 2.22. The van der Waals surface area contributed by atoms with Crippen LogP contribution in [0.5, 0.6) is 0 Å². The Bertz CT molecular complexity index is 416. The van der Waals surface area contributed by atoms with Crippen LogP contribution >= 0.6 is 11.6 Å². The van der Waals surface area contributed by atoms with E-state index in [1.807, 2.05) is 7.05 Å². The minimum absolute atomic E-state index is 0.203. The molecule has 1 aromatic rings. The maximum Gasteiger partial charge on any atom is 0.158 e. The number of halogens is 1. The molecule has 0 aliphatic carbocycles. The lowest BCUT2D eigenvalue weighted by Crippen LogP contribution is -2.37. The molecule has 5 nitrogen and oxygen atoms in total. The molecule has 0 N–H and O–H groups in total. The molecule has 1 aliphatic heterocycles. The topological polar surface area (TPSA) is 47.5 Å². The largest absolute Gasteiger partial charge is 0.377 e. The van der Waals surface area contributed by atoms with Crippen molar-refractivity contribution in [3.63, 3.8) is 0 Å². The smallest absolute Gasteiger partial charge is 0.158 e. The molecule has 2 unspecified atom stereocenters. The number of ether oxygens (including phenoxy) is 2. The van der Waals surface area contributed by atoms with Gasteiger partial charge in [0.1, 0.15) is 17.6 Å². The third-order valence-electron chi connectivity index (χ3n) is 3.20. The van der Waals surface area contributed by atoms with Gasteiger partial charge in [-0.25, -0.2) is 9.97 Å². The summed E-state index contributed by atoms with van der Waals surface area (Å²) < 4.78 is 10.6. The minimum Gasteiger partial charge on any atom is -0.377 e. The highest BCUT2D eigenvalue weighted by Crippen LogP contribution is 2.24. The molecule has 1 aliphatic rings. The van der Waals surface area contributed by atoms with E-state index in [-0.39, 0.29) is 6.10 Å². The predicted octanol–water partition coefficient (Wildman–Crippen LogP) is 1.89. The summed E-state index contributed by atoms with van der Waals surface area (Å²) in [4.78, 5) is 10.7. The average Bonchev–Trinajstić information content (AvgIpc) is 2.74. The summed E-state index contributed by atoms with van der Waals surface area (Å²) in [6.07, 6.45) is 1.20. The van der Waals surface area contributed by atoms with Crippen LogP contribution in [-0.4, -0.2) is 42.9 Å². The van der Waals surface area contributed by atoms with Crippen molar-refractivity contribution < 1.29 is 9.47 Å². The van der Waals surface area contributed by atoms with E-state index in [2.05, 4.69) is 21.8 Å². The number of hydrogen-bond donors (Lipinski definition) is 0. The lowest BCUT2D eigenvalue weighted by atomic mass is 10.1. The molecule has 2 heterocycles. The van der Waals surface area contributed by atoms with Crippen molar-refractivity contribution in [2.75, 3.05) is 25.7 Å². The molecule has 1 aromatic heterocycles. The van der Waals surface area contributed by atoms with E-state index in [0.717, 1.165) is 18.8 Å². The Labute approximate surface area is 112 Å². The first-order valence-corrected chi connectivity index (χ1v) is 6.36. The van der Waals surface area contributed by atoms with Gasteiger partial charge >= 0.3 is 0 Å². The Kier molecular flexibility index (Phi) is 4.37. The summed E-state index contributed by atoms with van der Waals surface area (Å²) in [5.74, 6) is 1.41. The Morgan fingerprint density at radius 1 is 1.56 bits per heavy atom. The van der Waals surface area contributed by atoms with Gasteiger partial charge in [-0.3, -0.25) is 0 Å². The van der Waals surface area contributed by atoms with Crippen LogP contribution in [0.3, 0.4) is 0 Å². The summed E-state index contributed by atoms with van der Waals surface area (Å²) in [6.45, 7) is 3.23. The Hall–Kier alpha value is -0.910. The molecule has 6 heteroatoms. The molecule has 0 spiro atoms. The lowest BCUT2D eigenvalue weighted by molar-refractivity contribution is 0.118. The van der Waals surface area contributed by atoms with Gasteiger partial charge in [0.2, 0.25) is 0 Å². The molecule has 0 amide bonds. The van der Waals surface area contributed by atoms with Crippen molar-refractivity contribution in [3.05, 3.63) is 17.0 Å². The zero-order chi connectivity index (χ0) is 13.1. The van der Waals surface area contributed by atoms with Crippen LogP contribution in [0.2, 0.25) is 5.15 Å². The number of hydrogen-bond acceptors (Lipinski definition) is 5. The van der Waals surface area contributed by atoms with Gasteiger partial charge in [0, 0.05) is 26.8 Å². The Morgan fingerprint density at radius 2 is 2.33 bits per heavy atom. The number of rotatable bonds is 4. The Balaban J connectivity index is 2.21. The minimum atomic E-state index is 0.203. The number of likely N-dealkylation sites (N-methyl/N-ethyl adjacent to an activating group) is 1. The highest BCUT2D eigenvalue weighted by molar-refractivity contribution is 6.29. The fourth-order valence-corrected chi connectivity index (χ4v) is 2.42. The maximum atomic E-state index is 6.01. The van der Waals surface area contributed by atoms with Crippen molar-refractivity contribution in [2.24, 2.45) is 0 Å². The van der Waals surface area contributed by atoms with Crippen LogP contribution in [0.15, 0.2) is 6.07 Å². The van der Waals surface area contributed by atoms with Gasteiger partial charge in [0.25, 0.3) is 0 Å². The van der Waals surface area contributed by atoms with Crippen LogP contribution in [0.4, 0.5) is 5.82 Å². The second-order valence-electron chi connectivity index (χ2n) is 4.44. The molecule has 0 radical (unpaired) electrons. The zero-order valence-corrected chi connectivity index (χ0v) is 11.6. The van der Waals surface area contributed by atoms with Crippen molar-refractivity contribution in [1.29, 1.82) is 0 Å². The van der Waals surface area contributed by atoms with E-state index >= 15 is 0 Å². The summed E-state index contributed by atoms with van der Waals surface area (Å²) in [7, 11) is 3.62. The fraction of sp³-hybridized carbons (Fsp3) is 0.667. The van der Waals surface area contributed by atoms with Crippen molar-refractivity contribution in [1.82, 2.24) is 9.97 Å². The third kappa shape index (κ3) is 2.91. The molecule has 1 saturated heterocycles. The zero-order valence-electron chi connectivity index (χ0n) is 10.9. The second-order valence-corrected chi connectivity index (χ2v) is 4.83. The van der Waals surface area contributed by atoms with Crippen LogP contribution in [0.1, 0.15) is 19.2 Å². The molecule has 2 rings (SSSR count). The standard InChI is InChI=1S/C12H18ClN3O2/c1-8-9(4-5-18-8)16(2)12-6-10(13)14-11(15-12)7-17-3/h6,8-9H,4-5,7H2,1-3H3. The summed E-state index contributed by atoms with van der Waals surface area (Å²) in [5, 5.41) is 0.436. The quantitative estimate of drug-likeness (QED) is 0.783. The first-order valence-electron chi connectivity index (χ1n) is 5.98. The molecular formula is C12H18ClN3O2. The van der Waals surface area contributed by atoms with Crippen molar-refractivity contribution >= 4 is 17.4 Å². The summed E-state index contributed by atoms with van der Waals surface area (Å²) >= 11 is 6.01. The van der Waals surface area contributed by atoms with Gasteiger partial charge in [-0.2, -0.15) is 0 Å². The highest BCUT2D eigenvalue weighted by atomic mass is 35.5. The molecule has 18 heavy (non-hydrogen) atoms. The van der Waals surface area contributed by atoms with Crippen LogP contribution in [-0.2, 0) is 16.1 Å². The number of aromatic nitrogens is 2. The number of methoxy groups -OCH3 is 1. The normalized spacial score (nSPS) is 23.3. The Morgan fingerprint density at radius 3 is 2.94 bits per heavy atom. The van der Waals surface area contributed by atoms with Gasteiger partial charge in [0.05, 0.1) is 12.1 Å². The third-order valence-corrected chi connectivity index (χ3v) is 3.39. The van der Waals surface area contributed by atoms with E-state index in [0.29, 0.717) is 23.6 Å². The molecule has 0 saturated carbocycles.